The zero-order valence-corrected chi connectivity index (χ0v) is 22.0. The molecule has 0 aliphatic heterocycles. The lowest BCUT2D eigenvalue weighted by atomic mass is 10.1. The van der Waals surface area contributed by atoms with Crippen LogP contribution in [0.15, 0.2) is 48.8 Å². The minimum atomic E-state index is -0.541. The van der Waals surface area contributed by atoms with Crippen molar-refractivity contribution < 1.29 is 13.9 Å². The molecule has 0 saturated carbocycles. The van der Waals surface area contributed by atoms with Gasteiger partial charge >= 0.3 is 0 Å². The number of anilines is 4. The summed E-state index contributed by atoms with van der Waals surface area (Å²) in [6.45, 7) is 3.12. The molecule has 2 aromatic heterocycles. The van der Waals surface area contributed by atoms with Crippen LogP contribution in [0.25, 0.3) is 22.2 Å². The van der Waals surface area contributed by atoms with E-state index in [0.29, 0.717) is 22.7 Å². The zero-order valence-electron chi connectivity index (χ0n) is 22.0. The number of methoxy groups -OCH3 is 1. The van der Waals surface area contributed by atoms with Gasteiger partial charge in [-0.2, -0.15) is 0 Å². The number of halogens is 1. The van der Waals surface area contributed by atoms with E-state index in [-0.39, 0.29) is 17.5 Å². The number of aryl methyl sites for hydroxylation is 1. The van der Waals surface area contributed by atoms with Crippen molar-refractivity contribution in [2.24, 2.45) is 7.05 Å². The first kappa shape index (κ1) is 25.9. The summed E-state index contributed by atoms with van der Waals surface area (Å²) in [6.07, 6.45) is 2.98. The van der Waals surface area contributed by atoms with Crippen molar-refractivity contribution in [1.29, 1.82) is 0 Å². The van der Waals surface area contributed by atoms with Gasteiger partial charge in [-0.3, -0.25) is 4.79 Å². The molecule has 0 spiro atoms. The summed E-state index contributed by atoms with van der Waals surface area (Å²) >= 11 is 0. The Morgan fingerprint density at radius 3 is 2.65 bits per heavy atom. The molecular weight excluding hydrogens is 473 g/mol. The van der Waals surface area contributed by atoms with E-state index in [4.69, 9.17) is 4.74 Å². The van der Waals surface area contributed by atoms with Crippen molar-refractivity contribution in [1.82, 2.24) is 19.4 Å². The molecule has 0 bridgehead atoms. The van der Waals surface area contributed by atoms with Gasteiger partial charge in [-0.1, -0.05) is 6.07 Å². The summed E-state index contributed by atoms with van der Waals surface area (Å²) in [6, 6.07) is 11.3. The quantitative estimate of drug-likeness (QED) is 0.347. The van der Waals surface area contributed by atoms with Crippen LogP contribution in [0.2, 0.25) is 0 Å². The number of hydrogen-bond acceptors (Lipinski definition) is 7. The van der Waals surface area contributed by atoms with Crippen molar-refractivity contribution >= 4 is 39.8 Å². The Bertz CT molecular complexity index is 1430. The van der Waals surface area contributed by atoms with Gasteiger partial charge in [0.05, 0.1) is 35.6 Å². The highest BCUT2D eigenvalue weighted by atomic mass is 19.1. The first-order valence-corrected chi connectivity index (χ1v) is 11.9. The SMILES string of the molecule is COc1cccc2c1c(-c1nc(Nc3ccc(N(C)CCN(C)C)c(NC(C)=O)c3)ncc1F)cn2C. The van der Waals surface area contributed by atoms with E-state index >= 15 is 0 Å². The van der Waals surface area contributed by atoms with Crippen LogP contribution in [-0.4, -0.2) is 66.7 Å². The molecule has 37 heavy (non-hydrogen) atoms. The van der Waals surface area contributed by atoms with E-state index in [1.54, 1.807) is 7.11 Å². The molecule has 4 rings (SSSR count). The molecule has 0 saturated heterocycles. The number of aromatic nitrogens is 3. The number of ether oxygens (including phenoxy) is 1. The molecule has 9 nitrogen and oxygen atoms in total. The molecule has 2 heterocycles. The van der Waals surface area contributed by atoms with Crippen LogP contribution in [-0.2, 0) is 11.8 Å². The monoisotopic (exact) mass is 505 g/mol. The molecule has 4 aromatic rings. The van der Waals surface area contributed by atoms with Gasteiger partial charge in [0.1, 0.15) is 11.4 Å². The van der Waals surface area contributed by atoms with Crippen LogP contribution in [0.3, 0.4) is 0 Å². The maximum Gasteiger partial charge on any atom is 0.227 e. The average Bonchev–Trinajstić information content (AvgIpc) is 3.20. The smallest absolute Gasteiger partial charge is 0.227 e. The number of rotatable bonds is 9. The molecule has 10 heteroatoms. The Morgan fingerprint density at radius 2 is 1.95 bits per heavy atom. The number of amides is 1. The largest absolute Gasteiger partial charge is 0.496 e. The molecule has 194 valence electrons. The Morgan fingerprint density at radius 1 is 1.16 bits per heavy atom. The third-order valence-corrected chi connectivity index (χ3v) is 6.05. The van der Waals surface area contributed by atoms with Gasteiger partial charge in [-0.25, -0.2) is 14.4 Å². The standard InChI is InChI=1S/C27H32FN7O2/c1-17(36)30-21-14-18(10-11-22(21)34(4)13-12-33(2)3)31-27-29-15-20(28)26(32-27)19-16-35(5)23-8-7-9-24(37-6)25(19)23/h7-11,14-16H,12-13H2,1-6H3,(H,30,36)(H,29,31,32). The van der Waals surface area contributed by atoms with Crippen molar-refractivity contribution in [2.45, 2.75) is 6.92 Å². The minimum absolute atomic E-state index is 0.162. The Hall–Kier alpha value is -4.18. The molecule has 2 N–H and O–H groups in total. The third kappa shape index (κ3) is 5.64. The summed E-state index contributed by atoms with van der Waals surface area (Å²) < 4.78 is 22.4. The highest BCUT2D eigenvalue weighted by Gasteiger charge is 2.19. The Balaban J connectivity index is 1.69. The predicted molar refractivity (Wildman–Crippen MR) is 146 cm³/mol. The lowest BCUT2D eigenvalue weighted by Crippen LogP contribution is -2.29. The van der Waals surface area contributed by atoms with Gasteiger partial charge in [0, 0.05) is 51.6 Å². The molecule has 0 aliphatic rings. The molecule has 0 atom stereocenters. The average molecular weight is 506 g/mol. The van der Waals surface area contributed by atoms with Crippen LogP contribution in [0, 0.1) is 5.82 Å². The number of fused-ring (bicyclic) bond motifs is 1. The van der Waals surface area contributed by atoms with Gasteiger partial charge in [0.25, 0.3) is 0 Å². The first-order valence-electron chi connectivity index (χ1n) is 11.9. The molecular formula is C27H32FN7O2. The number of benzene rings is 2. The van der Waals surface area contributed by atoms with Gasteiger partial charge in [0.15, 0.2) is 5.82 Å². The van der Waals surface area contributed by atoms with Gasteiger partial charge in [0.2, 0.25) is 11.9 Å². The number of carbonyl (C=O) groups is 1. The highest BCUT2D eigenvalue weighted by molar-refractivity contribution is 6.00. The fourth-order valence-electron chi connectivity index (χ4n) is 4.21. The van der Waals surface area contributed by atoms with E-state index < -0.39 is 5.82 Å². The maximum atomic E-state index is 15.0. The van der Waals surface area contributed by atoms with Crippen LogP contribution in [0.1, 0.15) is 6.92 Å². The maximum absolute atomic E-state index is 15.0. The second-order valence-corrected chi connectivity index (χ2v) is 9.16. The second kappa shape index (κ2) is 10.8. The molecule has 0 unspecified atom stereocenters. The van der Waals surface area contributed by atoms with Crippen LogP contribution < -0.4 is 20.3 Å². The summed E-state index contributed by atoms with van der Waals surface area (Å²) in [5, 5.41) is 6.82. The second-order valence-electron chi connectivity index (χ2n) is 9.16. The van der Waals surface area contributed by atoms with Gasteiger partial charge in [-0.05, 0) is 44.4 Å². The fourth-order valence-corrected chi connectivity index (χ4v) is 4.21. The first-order chi connectivity index (χ1) is 17.7. The van der Waals surface area contributed by atoms with Crippen molar-refractivity contribution in [3.8, 4) is 17.0 Å². The Labute approximate surface area is 215 Å². The molecule has 0 radical (unpaired) electrons. The lowest BCUT2D eigenvalue weighted by molar-refractivity contribution is -0.114. The van der Waals surface area contributed by atoms with E-state index in [1.165, 1.54) is 6.92 Å². The van der Waals surface area contributed by atoms with Gasteiger partial charge in [-0.15, -0.1) is 0 Å². The number of carbonyl (C=O) groups excluding carboxylic acids is 1. The minimum Gasteiger partial charge on any atom is -0.496 e. The number of likely N-dealkylation sites (N-methyl/N-ethyl adjacent to an activating group) is 2. The summed E-state index contributed by atoms with van der Waals surface area (Å²) in [5.41, 5.74) is 3.85. The molecule has 0 fully saturated rings. The zero-order chi connectivity index (χ0) is 26.7. The highest BCUT2D eigenvalue weighted by Crippen LogP contribution is 2.37. The Kier molecular flexibility index (Phi) is 7.58. The van der Waals surface area contributed by atoms with Crippen LogP contribution in [0.4, 0.5) is 27.4 Å². The predicted octanol–water partition coefficient (Wildman–Crippen LogP) is 4.48. The summed E-state index contributed by atoms with van der Waals surface area (Å²) in [4.78, 5) is 24.7. The number of hydrogen-bond donors (Lipinski definition) is 2. The van der Waals surface area contributed by atoms with E-state index in [0.717, 1.165) is 35.9 Å². The summed E-state index contributed by atoms with van der Waals surface area (Å²) in [5.74, 6) is 0.144. The molecule has 2 aromatic carbocycles. The molecule has 0 aliphatic carbocycles. The fraction of sp³-hybridized carbons (Fsp3) is 0.296. The lowest BCUT2D eigenvalue weighted by Gasteiger charge is -2.24. The topological polar surface area (TPSA) is 87.6 Å². The van der Waals surface area contributed by atoms with Crippen LogP contribution in [0.5, 0.6) is 5.75 Å². The van der Waals surface area contributed by atoms with Crippen LogP contribution >= 0.6 is 0 Å². The molecule has 1 amide bonds. The normalized spacial score (nSPS) is 11.1. The van der Waals surface area contributed by atoms with E-state index in [2.05, 4.69) is 30.4 Å². The van der Waals surface area contributed by atoms with E-state index in [9.17, 15) is 9.18 Å². The van der Waals surface area contributed by atoms with E-state index in [1.807, 2.05) is 75.4 Å². The third-order valence-electron chi connectivity index (χ3n) is 6.05. The number of nitrogens with one attached hydrogen (secondary N) is 2. The van der Waals surface area contributed by atoms with Crippen molar-refractivity contribution in [3.63, 3.8) is 0 Å². The van der Waals surface area contributed by atoms with Crippen molar-refractivity contribution in [2.75, 3.05) is 56.9 Å². The van der Waals surface area contributed by atoms with Crippen molar-refractivity contribution in [3.05, 3.63) is 54.6 Å². The number of nitrogens with zero attached hydrogens (tertiary/aromatic N) is 5. The van der Waals surface area contributed by atoms with Gasteiger partial charge < -0.3 is 29.7 Å². The summed E-state index contributed by atoms with van der Waals surface area (Å²) in [7, 11) is 9.49.